The predicted molar refractivity (Wildman–Crippen MR) is 106 cm³/mol. The van der Waals surface area contributed by atoms with E-state index in [0.717, 1.165) is 4.57 Å². The summed E-state index contributed by atoms with van der Waals surface area (Å²) in [5.41, 5.74) is -0.253. The highest BCUT2D eigenvalue weighted by molar-refractivity contribution is 5.82. The second-order valence-corrected chi connectivity index (χ2v) is 7.29. The fourth-order valence-electron chi connectivity index (χ4n) is 3.58. The molecule has 3 rings (SSSR count). The van der Waals surface area contributed by atoms with Crippen molar-refractivity contribution in [3.8, 4) is 6.07 Å². The molecule has 2 aromatic rings. The summed E-state index contributed by atoms with van der Waals surface area (Å²) >= 11 is 0. The molecule has 0 saturated carbocycles. The van der Waals surface area contributed by atoms with Gasteiger partial charge in [-0.2, -0.15) is 18.4 Å². The number of anilines is 1. The van der Waals surface area contributed by atoms with Crippen LogP contribution in [0.25, 0.3) is 0 Å². The maximum atomic E-state index is 12.8. The number of aromatic nitrogens is 2. The Labute approximate surface area is 175 Å². The molecule has 1 aromatic heterocycles. The number of nitriles is 1. The molecule has 1 aromatic carbocycles. The normalized spacial score (nSPS) is 16.6. The van der Waals surface area contributed by atoms with Crippen LogP contribution in [0.4, 0.5) is 19.0 Å². The number of nitrogens with one attached hydrogen (secondary N) is 1. The first-order valence-electron chi connectivity index (χ1n) is 9.53. The minimum Gasteiger partial charge on any atom is -0.356 e. The molecule has 0 radical (unpaired) electrons. The molecule has 0 spiro atoms. The Morgan fingerprint density at radius 3 is 2.68 bits per heavy atom. The predicted octanol–water partition coefficient (Wildman–Crippen LogP) is 1.11. The van der Waals surface area contributed by atoms with Gasteiger partial charge in [0.15, 0.2) is 0 Å². The van der Waals surface area contributed by atoms with Crippen LogP contribution in [0, 0.1) is 11.3 Å². The zero-order valence-electron chi connectivity index (χ0n) is 16.6. The van der Waals surface area contributed by atoms with Crippen molar-refractivity contribution in [2.75, 3.05) is 18.0 Å². The lowest BCUT2D eigenvalue weighted by atomic mass is 10.1. The van der Waals surface area contributed by atoms with Gasteiger partial charge in [-0.05, 0) is 24.5 Å². The second kappa shape index (κ2) is 8.67. The van der Waals surface area contributed by atoms with Crippen molar-refractivity contribution < 1.29 is 18.0 Å². The van der Waals surface area contributed by atoms with Gasteiger partial charge in [0.1, 0.15) is 5.82 Å². The number of carbonyl (C=O) groups is 1. The zero-order valence-corrected chi connectivity index (χ0v) is 16.6. The first kappa shape index (κ1) is 22.1. The number of benzene rings is 1. The summed E-state index contributed by atoms with van der Waals surface area (Å²) in [6.45, 7) is 0.404. The van der Waals surface area contributed by atoms with Crippen LogP contribution in [0.2, 0.25) is 0 Å². The lowest BCUT2D eigenvalue weighted by Gasteiger charge is -2.36. The van der Waals surface area contributed by atoms with Gasteiger partial charge in [0.05, 0.1) is 18.2 Å². The highest BCUT2D eigenvalue weighted by atomic mass is 19.4. The molecule has 2 heterocycles. The molecule has 1 saturated heterocycles. The Bertz CT molecular complexity index is 1150. The van der Waals surface area contributed by atoms with Crippen LogP contribution in [-0.2, 0) is 18.4 Å². The average Bonchev–Trinajstić information content (AvgIpc) is 2.73. The molecular weight excluding hydrogens is 415 g/mol. The summed E-state index contributed by atoms with van der Waals surface area (Å²) in [6.07, 6.45) is -4.19. The van der Waals surface area contributed by atoms with Crippen molar-refractivity contribution in [3.63, 3.8) is 0 Å². The Morgan fingerprint density at radius 1 is 1.29 bits per heavy atom. The molecule has 11 heteroatoms. The number of rotatable bonds is 4. The van der Waals surface area contributed by atoms with Gasteiger partial charge >= 0.3 is 17.8 Å². The van der Waals surface area contributed by atoms with Crippen molar-refractivity contribution in [2.24, 2.45) is 7.05 Å². The van der Waals surface area contributed by atoms with E-state index in [1.54, 1.807) is 29.2 Å². The largest absolute Gasteiger partial charge is 0.471 e. The second-order valence-electron chi connectivity index (χ2n) is 7.29. The maximum absolute atomic E-state index is 12.8. The number of amides is 1. The standard InChI is InChI=1S/C20H20F3N5O3/c1-26-17(29)9-16(27-8-4-7-15(12-27)25-18(30)20(21,22)23)28(19(26)31)11-14-6-3-2-5-13(14)10-24/h2-3,5-6,9,15H,4,7-8,11-12H2,1H3,(H,25,30)/t15-/m1/s1. The summed E-state index contributed by atoms with van der Waals surface area (Å²) in [6, 6.07) is 9.19. The van der Waals surface area contributed by atoms with Crippen molar-refractivity contribution >= 4 is 11.7 Å². The van der Waals surface area contributed by atoms with Crippen LogP contribution in [0.3, 0.4) is 0 Å². The molecule has 1 amide bonds. The molecule has 1 atom stereocenters. The summed E-state index contributed by atoms with van der Waals surface area (Å²) in [5.74, 6) is -1.80. The number of piperidine rings is 1. The number of alkyl halides is 3. The molecule has 0 bridgehead atoms. The first-order valence-corrected chi connectivity index (χ1v) is 9.53. The number of nitrogens with zero attached hydrogens (tertiary/aromatic N) is 4. The van der Waals surface area contributed by atoms with Gasteiger partial charge in [-0.15, -0.1) is 0 Å². The Morgan fingerprint density at radius 2 is 2.00 bits per heavy atom. The van der Waals surface area contributed by atoms with E-state index in [1.807, 2.05) is 5.32 Å². The van der Waals surface area contributed by atoms with E-state index in [1.165, 1.54) is 17.7 Å². The molecule has 164 valence electrons. The van der Waals surface area contributed by atoms with Gasteiger partial charge in [-0.25, -0.2) is 4.79 Å². The van der Waals surface area contributed by atoms with Crippen molar-refractivity contribution in [1.82, 2.24) is 14.5 Å². The van der Waals surface area contributed by atoms with Crippen LogP contribution in [-0.4, -0.2) is 40.3 Å². The Balaban J connectivity index is 1.97. The van der Waals surface area contributed by atoms with Crippen LogP contribution < -0.4 is 21.5 Å². The molecule has 8 nitrogen and oxygen atoms in total. The fourth-order valence-corrected chi connectivity index (χ4v) is 3.58. The highest BCUT2D eigenvalue weighted by Gasteiger charge is 2.40. The third-order valence-corrected chi connectivity index (χ3v) is 5.18. The van der Waals surface area contributed by atoms with Crippen LogP contribution >= 0.6 is 0 Å². The molecule has 0 unspecified atom stereocenters. The van der Waals surface area contributed by atoms with E-state index in [-0.39, 0.29) is 18.9 Å². The number of hydrogen-bond donors (Lipinski definition) is 1. The molecular formula is C20H20F3N5O3. The third-order valence-electron chi connectivity index (χ3n) is 5.18. The number of halogens is 3. The monoisotopic (exact) mass is 435 g/mol. The van der Waals surface area contributed by atoms with E-state index in [0.29, 0.717) is 30.5 Å². The summed E-state index contributed by atoms with van der Waals surface area (Å²) in [4.78, 5) is 38.0. The zero-order chi connectivity index (χ0) is 22.8. The molecule has 0 aliphatic carbocycles. The minimum atomic E-state index is -4.99. The highest BCUT2D eigenvalue weighted by Crippen LogP contribution is 2.21. The van der Waals surface area contributed by atoms with Gasteiger partial charge in [-0.1, -0.05) is 18.2 Å². The van der Waals surface area contributed by atoms with E-state index < -0.39 is 29.4 Å². The summed E-state index contributed by atoms with van der Waals surface area (Å²) < 4.78 is 40.1. The van der Waals surface area contributed by atoms with Crippen molar-refractivity contribution in [1.29, 1.82) is 5.26 Å². The van der Waals surface area contributed by atoms with Gasteiger partial charge in [0.25, 0.3) is 5.56 Å². The Kier molecular flexibility index (Phi) is 6.19. The van der Waals surface area contributed by atoms with Crippen LogP contribution in [0.5, 0.6) is 0 Å². The third kappa shape index (κ3) is 4.79. The fraction of sp³-hybridized carbons (Fsp3) is 0.400. The topological polar surface area (TPSA) is 100 Å². The van der Waals surface area contributed by atoms with Crippen LogP contribution in [0.15, 0.2) is 39.9 Å². The first-order chi connectivity index (χ1) is 14.6. The Hall–Kier alpha value is -3.55. The summed E-state index contributed by atoms with van der Waals surface area (Å²) in [7, 11) is 1.32. The minimum absolute atomic E-state index is 0.00208. The van der Waals surface area contributed by atoms with E-state index in [9.17, 15) is 32.8 Å². The molecule has 1 N–H and O–H groups in total. The number of hydrogen-bond acceptors (Lipinski definition) is 5. The summed E-state index contributed by atoms with van der Waals surface area (Å²) in [5, 5.41) is 11.3. The SMILES string of the molecule is Cn1c(=O)cc(N2CCC[C@@H](NC(=O)C(F)(F)F)C2)n(Cc2ccccc2C#N)c1=O. The van der Waals surface area contributed by atoms with Crippen molar-refractivity contribution in [2.45, 2.75) is 31.6 Å². The molecule has 1 aliphatic heterocycles. The smallest absolute Gasteiger partial charge is 0.356 e. The average molecular weight is 435 g/mol. The number of carbonyl (C=O) groups excluding carboxylic acids is 1. The molecule has 31 heavy (non-hydrogen) atoms. The van der Waals surface area contributed by atoms with Gasteiger partial charge in [0, 0.05) is 32.2 Å². The van der Waals surface area contributed by atoms with Crippen LogP contribution in [0.1, 0.15) is 24.0 Å². The maximum Gasteiger partial charge on any atom is 0.471 e. The quantitative estimate of drug-likeness (QED) is 0.776. The molecule has 1 aliphatic rings. The lowest BCUT2D eigenvalue weighted by Crippen LogP contribution is -2.52. The van der Waals surface area contributed by atoms with E-state index in [2.05, 4.69) is 6.07 Å². The van der Waals surface area contributed by atoms with Gasteiger partial charge < -0.3 is 10.2 Å². The van der Waals surface area contributed by atoms with Crippen molar-refractivity contribution in [3.05, 3.63) is 62.3 Å². The van der Waals surface area contributed by atoms with E-state index in [4.69, 9.17) is 0 Å². The van der Waals surface area contributed by atoms with Gasteiger partial charge in [0.2, 0.25) is 0 Å². The molecule has 1 fully saturated rings. The van der Waals surface area contributed by atoms with Gasteiger partial charge in [-0.3, -0.25) is 18.7 Å². The van der Waals surface area contributed by atoms with E-state index >= 15 is 0 Å². The lowest BCUT2D eigenvalue weighted by molar-refractivity contribution is -0.174.